The number of nitrogens with zero attached hydrogens (tertiary/aromatic N) is 3. The van der Waals surface area contributed by atoms with Gasteiger partial charge in [0.05, 0.1) is 10.6 Å². The number of nitrogens with one attached hydrogen (secondary N) is 1. The van der Waals surface area contributed by atoms with E-state index in [1.54, 1.807) is 54.6 Å². The summed E-state index contributed by atoms with van der Waals surface area (Å²) in [6, 6.07) is 14.9. The zero-order valence-electron chi connectivity index (χ0n) is 17.6. The lowest BCUT2D eigenvalue weighted by molar-refractivity contribution is 0.0949. The number of carbonyl (C=O) groups is 1. The average Bonchev–Trinajstić information content (AvgIpc) is 2.78. The lowest BCUT2D eigenvalue weighted by atomic mass is 10.2. The Labute approximate surface area is 179 Å². The number of carbonyl (C=O) groups excluding carboxylic acids is 1. The van der Waals surface area contributed by atoms with Crippen molar-refractivity contribution in [3.05, 3.63) is 60.2 Å². The van der Waals surface area contributed by atoms with Crippen molar-refractivity contribution in [2.24, 2.45) is 0 Å². The highest BCUT2D eigenvalue weighted by Crippen LogP contribution is 2.22. The molecule has 0 spiro atoms. The number of rotatable bonds is 8. The molecule has 0 saturated carbocycles. The van der Waals surface area contributed by atoms with Gasteiger partial charge in [0.15, 0.2) is 0 Å². The maximum Gasteiger partial charge on any atom is 0.264 e. The number of benzene rings is 2. The fourth-order valence-corrected chi connectivity index (χ4v) is 4.61. The molecule has 0 aliphatic carbocycles. The predicted octanol–water partition coefficient (Wildman–Crippen LogP) is 1.88. The van der Waals surface area contributed by atoms with Crippen LogP contribution >= 0.6 is 0 Å². The minimum Gasteiger partial charge on any atom is -0.352 e. The van der Waals surface area contributed by atoms with Gasteiger partial charge in [-0.3, -0.25) is 9.10 Å². The normalized spacial score (nSPS) is 15.7. The van der Waals surface area contributed by atoms with Crippen LogP contribution in [0.2, 0.25) is 0 Å². The van der Waals surface area contributed by atoms with E-state index in [0.29, 0.717) is 17.8 Å². The SMILES string of the molecule is CN1CCN(CCCNC(=O)c2ccc(N(C)S(=O)(=O)c3ccccc3)cc2)CC1. The molecule has 0 unspecified atom stereocenters. The summed E-state index contributed by atoms with van der Waals surface area (Å²) in [7, 11) is 0.0145. The molecule has 162 valence electrons. The van der Waals surface area contributed by atoms with E-state index < -0.39 is 10.0 Å². The van der Waals surface area contributed by atoms with Crippen LogP contribution in [0.25, 0.3) is 0 Å². The van der Waals surface area contributed by atoms with Gasteiger partial charge in [-0.15, -0.1) is 0 Å². The van der Waals surface area contributed by atoms with Gasteiger partial charge < -0.3 is 15.1 Å². The summed E-state index contributed by atoms with van der Waals surface area (Å²) in [6.45, 7) is 5.93. The molecule has 1 aliphatic rings. The van der Waals surface area contributed by atoms with Crippen molar-refractivity contribution < 1.29 is 13.2 Å². The first-order chi connectivity index (χ1) is 14.4. The summed E-state index contributed by atoms with van der Waals surface area (Å²) in [4.78, 5) is 17.4. The van der Waals surface area contributed by atoms with Crippen LogP contribution in [-0.4, -0.2) is 77.5 Å². The number of anilines is 1. The molecular weight excluding hydrogens is 400 g/mol. The summed E-state index contributed by atoms with van der Waals surface area (Å²) in [5.74, 6) is -0.145. The standard InChI is InChI=1S/C22H30N4O3S/c1-24-15-17-26(18-16-24)14-6-13-23-22(27)19-9-11-20(12-10-19)25(2)30(28,29)21-7-4-3-5-8-21/h3-5,7-12H,6,13-18H2,1-2H3,(H,23,27). The lowest BCUT2D eigenvalue weighted by Gasteiger charge is -2.32. The molecule has 0 atom stereocenters. The Hall–Kier alpha value is -2.42. The number of sulfonamides is 1. The maximum atomic E-state index is 12.7. The molecule has 7 nitrogen and oxygen atoms in total. The van der Waals surface area contributed by atoms with Crippen molar-refractivity contribution in [1.82, 2.24) is 15.1 Å². The van der Waals surface area contributed by atoms with Crippen molar-refractivity contribution in [2.75, 3.05) is 57.7 Å². The highest BCUT2D eigenvalue weighted by atomic mass is 32.2. The third kappa shape index (κ3) is 5.59. The fourth-order valence-electron chi connectivity index (χ4n) is 3.39. The topological polar surface area (TPSA) is 73.0 Å². The van der Waals surface area contributed by atoms with Gasteiger partial charge in [-0.2, -0.15) is 0 Å². The summed E-state index contributed by atoms with van der Waals surface area (Å²) in [5.41, 5.74) is 1.02. The van der Waals surface area contributed by atoms with Crippen LogP contribution < -0.4 is 9.62 Å². The minimum absolute atomic E-state index is 0.145. The lowest BCUT2D eigenvalue weighted by Crippen LogP contribution is -2.45. The van der Waals surface area contributed by atoms with Crippen LogP contribution in [0.5, 0.6) is 0 Å². The van der Waals surface area contributed by atoms with Crippen LogP contribution in [0.1, 0.15) is 16.8 Å². The first kappa shape index (κ1) is 22.3. The van der Waals surface area contributed by atoms with Gasteiger partial charge in [0.1, 0.15) is 0 Å². The molecule has 1 amide bonds. The van der Waals surface area contributed by atoms with E-state index in [9.17, 15) is 13.2 Å². The number of amides is 1. The fraction of sp³-hybridized carbons (Fsp3) is 0.409. The molecule has 0 radical (unpaired) electrons. The maximum absolute atomic E-state index is 12.7. The third-order valence-electron chi connectivity index (χ3n) is 5.43. The second-order valence-corrected chi connectivity index (χ2v) is 9.56. The van der Waals surface area contributed by atoms with Crippen molar-refractivity contribution in [2.45, 2.75) is 11.3 Å². The minimum atomic E-state index is -3.63. The Bertz CT molecular complexity index is 925. The first-order valence-electron chi connectivity index (χ1n) is 10.2. The third-order valence-corrected chi connectivity index (χ3v) is 7.23. The number of piperazine rings is 1. The first-order valence-corrected chi connectivity index (χ1v) is 11.6. The van der Waals surface area contributed by atoms with E-state index >= 15 is 0 Å². The molecule has 0 bridgehead atoms. The smallest absolute Gasteiger partial charge is 0.264 e. The van der Waals surface area contributed by atoms with Gasteiger partial charge in [-0.25, -0.2) is 8.42 Å². The van der Waals surface area contributed by atoms with E-state index in [0.717, 1.165) is 39.1 Å². The summed E-state index contributed by atoms with van der Waals surface area (Å²) < 4.78 is 26.7. The van der Waals surface area contributed by atoms with Gasteiger partial charge in [0, 0.05) is 45.3 Å². The van der Waals surface area contributed by atoms with E-state index in [1.165, 1.54) is 11.4 Å². The summed E-state index contributed by atoms with van der Waals surface area (Å²) >= 11 is 0. The second kappa shape index (κ2) is 10.1. The Kier molecular flexibility index (Phi) is 7.47. The number of hydrogen-bond acceptors (Lipinski definition) is 5. The molecule has 1 aliphatic heterocycles. The molecule has 3 rings (SSSR count). The van der Waals surface area contributed by atoms with Crippen LogP contribution in [0, 0.1) is 0 Å². The predicted molar refractivity (Wildman–Crippen MR) is 119 cm³/mol. The molecule has 30 heavy (non-hydrogen) atoms. The molecular formula is C22H30N4O3S. The molecule has 2 aromatic carbocycles. The van der Waals surface area contributed by atoms with Crippen molar-refractivity contribution in [3.63, 3.8) is 0 Å². The van der Waals surface area contributed by atoms with E-state index in [4.69, 9.17) is 0 Å². The van der Waals surface area contributed by atoms with Crippen LogP contribution in [0.3, 0.4) is 0 Å². The Morgan fingerprint density at radius 2 is 1.63 bits per heavy atom. The quantitative estimate of drug-likeness (QED) is 0.648. The Balaban J connectivity index is 1.50. The van der Waals surface area contributed by atoms with Crippen LogP contribution in [0.4, 0.5) is 5.69 Å². The molecule has 0 aromatic heterocycles. The second-order valence-electron chi connectivity index (χ2n) is 7.59. The monoisotopic (exact) mass is 430 g/mol. The molecule has 8 heteroatoms. The zero-order valence-corrected chi connectivity index (χ0v) is 18.4. The zero-order chi connectivity index (χ0) is 21.6. The Morgan fingerprint density at radius 1 is 1.00 bits per heavy atom. The molecule has 1 fully saturated rings. The van der Waals surface area contributed by atoms with Crippen LogP contribution in [-0.2, 0) is 10.0 Å². The van der Waals surface area contributed by atoms with Gasteiger partial charge >= 0.3 is 0 Å². The van der Waals surface area contributed by atoms with Crippen molar-refractivity contribution >= 4 is 21.6 Å². The van der Waals surface area contributed by atoms with Crippen molar-refractivity contribution in [1.29, 1.82) is 0 Å². The molecule has 2 aromatic rings. The van der Waals surface area contributed by atoms with Crippen molar-refractivity contribution in [3.8, 4) is 0 Å². The summed E-state index contributed by atoms with van der Waals surface area (Å²) in [6.07, 6.45) is 0.908. The van der Waals surface area contributed by atoms with Gasteiger partial charge in [0.2, 0.25) is 0 Å². The van der Waals surface area contributed by atoms with E-state index in [2.05, 4.69) is 22.2 Å². The van der Waals surface area contributed by atoms with Gasteiger partial charge in [0.25, 0.3) is 15.9 Å². The molecule has 1 heterocycles. The van der Waals surface area contributed by atoms with E-state index in [1.807, 2.05) is 0 Å². The van der Waals surface area contributed by atoms with Gasteiger partial charge in [-0.1, -0.05) is 18.2 Å². The Morgan fingerprint density at radius 3 is 2.27 bits per heavy atom. The van der Waals surface area contributed by atoms with Crippen LogP contribution in [0.15, 0.2) is 59.5 Å². The average molecular weight is 431 g/mol. The largest absolute Gasteiger partial charge is 0.352 e. The highest BCUT2D eigenvalue weighted by Gasteiger charge is 2.21. The molecule has 1 saturated heterocycles. The summed E-state index contributed by atoms with van der Waals surface area (Å²) in [5, 5.41) is 2.94. The molecule has 1 N–H and O–H groups in total. The highest BCUT2D eigenvalue weighted by molar-refractivity contribution is 7.92. The van der Waals surface area contributed by atoms with E-state index in [-0.39, 0.29) is 10.8 Å². The number of hydrogen-bond donors (Lipinski definition) is 1. The number of likely N-dealkylation sites (N-methyl/N-ethyl adjacent to an activating group) is 1. The van der Waals surface area contributed by atoms with Gasteiger partial charge in [-0.05, 0) is 56.4 Å².